The molecule has 0 saturated heterocycles. The highest BCUT2D eigenvalue weighted by Crippen LogP contribution is 2.43. The standard InChI is InChI=1S/C72H118NO8P/c1-6-8-10-12-14-16-18-20-22-24-26-28-30-32-33-34-35-36-37-38-39-41-42-44-46-48-50-52-54-56-58-60-62-64-71(74)78-68-70(69-80-82(76,77)79-67-66-73(3,4)5)81-72(75)65-63-61-59-57-55-53-51-49-47-45-43-40-31-29-27-25-23-21-19-17-15-13-11-9-7-2/h8-11,14-17,20-23,26-29,32-33,35-36,40,43,47,49,53,55,70H,6-7,12-13,18-19,24-25,30-31,34,37-39,41-42,44-46,48,50-52,54,56-69H2,1-5H3/p+1/b10-8-,11-9-,16-14-,17-15-,22-20-,23-21-,28-26-,29-27-,33-32-,36-35-,43-40-,49-47-,55-53-. The molecule has 0 aromatic rings. The van der Waals surface area contributed by atoms with E-state index < -0.39 is 26.5 Å². The molecule has 10 heteroatoms. The lowest BCUT2D eigenvalue weighted by Crippen LogP contribution is -2.37. The summed E-state index contributed by atoms with van der Waals surface area (Å²) in [6, 6.07) is 0. The van der Waals surface area contributed by atoms with Crippen molar-refractivity contribution in [1.82, 2.24) is 0 Å². The van der Waals surface area contributed by atoms with Crippen LogP contribution in [-0.4, -0.2) is 74.9 Å². The van der Waals surface area contributed by atoms with Crippen LogP contribution in [0.3, 0.4) is 0 Å². The smallest absolute Gasteiger partial charge is 0.462 e. The average Bonchev–Trinajstić information content (AvgIpc) is 3.46. The second-order valence-corrected chi connectivity index (χ2v) is 23.5. The SMILES string of the molecule is CC/C=C\C/C=C\C/C=C\C/C=C\C/C=C\C/C=C\C/C=C\CCCCCC(=O)OC(COC(=O)CCCCCCCCCCCCCCCC/C=C\C/C=C\C/C=C\C/C=C\C/C=C\C/C=C\CC)COP(=O)(O)OCC[N+](C)(C)C. The highest BCUT2D eigenvalue weighted by Gasteiger charge is 2.27. The molecule has 0 rings (SSSR count). The van der Waals surface area contributed by atoms with Gasteiger partial charge in [-0.25, -0.2) is 4.57 Å². The van der Waals surface area contributed by atoms with Gasteiger partial charge >= 0.3 is 19.8 Å². The Morgan fingerprint density at radius 3 is 0.988 bits per heavy atom. The van der Waals surface area contributed by atoms with Crippen molar-refractivity contribution in [2.24, 2.45) is 0 Å². The third-order valence-electron chi connectivity index (χ3n) is 13.1. The Hall–Kier alpha value is -4.37. The lowest BCUT2D eigenvalue weighted by atomic mass is 10.0. The largest absolute Gasteiger partial charge is 0.472 e. The highest BCUT2D eigenvalue weighted by atomic mass is 31.2. The van der Waals surface area contributed by atoms with Crippen LogP contribution in [0.4, 0.5) is 0 Å². The van der Waals surface area contributed by atoms with Crippen LogP contribution in [0.2, 0.25) is 0 Å². The van der Waals surface area contributed by atoms with Gasteiger partial charge in [0.1, 0.15) is 19.8 Å². The summed E-state index contributed by atoms with van der Waals surface area (Å²) in [5.74, 6) is -0.846. The van der Waals surface area contributed by atoms with Crippen LogP contribution < -0.4 is 0 Å². The Bertz CT molecular complexity index is 1940. The third kappa shape index (κ3) is 64.8. The summed E-state index contributed by atoms with van der Waals surface area (Å²) in [7, 11) is 1.43. The van der Waals surface area contributed by atoms with E-state index in [0.717, 1.165) is 122 Å². The fourth-order valence-electron chi connectivity index (χ4n) is 8.18. The van der Waals surface area contributed by atoms with Crippen LogP contribution >= 0.6 is 7.82 Å². The predicted octanol–water partition coefficient (Wildman–Crippen LogP) is 20.8. The maximum absolute atomic E-state index is 12.8. The summed E-state index contributed by atoms with van der Waals surface area (Å²) in [5, 5.41) is 0. The minimum atomic E-state index is -4.41. The first-order valence-corrected chi connectivity index (χ1v) is 33.7. The van der Waals surface area contributed by atoms with Crippen molar-refractivity contribution < 1.29 is 42.1 Å². The zero-order chi connectivity index (χ0) is 59.8. The van der Waals surface area contributed by atoms with Crippen molar-refractivity contribution in [3.05, 3.63) is 158 Å². The molecule has 0 aliphatic heterocycles. The van der Waals surface area contributed by atoms with Crippen LogP contribution in [-0.2, 0) is 32.7 Å². The van der Waals surface area contributed by atoms with Gasteiger partial charge in [-0.2, -0.15) is 0 Å². The van der Waals surface area contributed by atoms with Crippen molar-refractivity contribution >= 4 is 19.8 Å². The van der Waals surface area contributed by atoms with Gasteiger partial charge in [-0.15, -0.1) is 0 Å². The first-order chi connectivity index (χ1) is 40.0. The molecule has 0 saturated carbocycles. The first kappa shape index (κ1) is 77.6. The lowest BCUT2D eigenvalue weighted by Gasteiger charge is -2.24. The second kappa shape index (κ2) is 61.2. The molecule has 0 amide bonds. The monoisotopic (exact) mass is 1160 g/mol. The van der Waals surface area contributed by atoms with E-state index in [2.05, 4.69) is 172 Å². The van der Waals surface area contributed by atoms with Gasteiger partial charge in [-0.1, -0.05) is 255 Å². The van der Waals surface area contributed by atoms with Crippen molar-refractivity contribution in [2.75, 3.05) is 47.5 Å². The van der Waals surface area contributed by atoms with Gasteiger partial charge in [-0.05, 0) is 122 Å². The van der Waals surface area contributed by atoms with Gasteiger partial charge in [0, 0.05) is 12.8 Å². The van der Waals surface area contributed by atoms with Crippen molar-refractivity contribution in [3.63, 3.8) is 0 Å². The Balaban J connectivity index is 4.18. The van der Waals surface area contributed by atoms with E-state index in [1.165, 1.54) is 77.0 Å². The van der Waals surface area contributed by atoms with Crippen LogP contribution in [0, 0.1) is 0 Å². The van der Waals surface area contributed by atoms with Gasteiger partial charge < -0.3 is 18.9 Å². The molecule has 0 bridgehead atoms. The van der Waals surface area contributed by atoms with Crippen LogP contribution in [0.5, 0.6) is 0 Å². The molecule has 1 N–H and O–H groups in total. The van der Waals surface area contributed by atoms with Gasteiger partial charge in [0.15, 0.2) is 6.10 Å². The number of quaternary nitrogens is 1. The molecule has 464 valence electrons. The Morgan fingerprint density at radius 2 is 0.659 bits per heavy atom. The topological polar surface area (TPSA) is 108 Å². The summed E-state index contributed by atoms with van der Waals surface area (Å²) in [4.78, 5) is 35.8. The maximum atomic E-state index is 12.8. The molecule has 0 radical (unpaired) electrons. The first-order valence-electron chi connectivity index (χ1n) is 32.2. The minimum absolute atomic E-state index is 0.0164. The van der Waals surface area contributed by atoms with Crippen molar-refractivity contribution in [3.8, 4) is 0 Å². The van der Waals surface area contributed by atoms with Crippen LogP contribution in [0.1, 0.15) is 232 Å². The predicted molar refractivity (Wildman–Crippen MR) is 353 cm³/mol. The lowest BCUT2D eigenvalue weighted by molar-refractivity contribution is -0.870. The molecule has 0 aromatic carbocycles. The normalized spacial score (nSPS) is 14.3. The molecule has 0 aliphatic rings. The van der Waals surface area contributed by atoms with Crippen molar-refractivity contribution in [2.45, 2.75) is 238 Å². The molecular weight excluding hydrogens is 1040 g/mol. The Labute approximate surface area is 503 Å². The van der Waals surface area contributed by atoms with Gasteiger partial charge in [-0.3, -0.25) is 18.6 Å². The number of allylic oxidation sites excluding steroid dienone is 26. The summed E-state index contributed by atoms with van der Waals surface area (Å²) in [6.45, 7) is 4.15. The number of carbonyl (C=O) groups is 2. The van der Waals surface area contributed by atoms with E-state index in [-0.39, 0.29) is 32.0 Å². The van der Waals surface area contributed by atoms with Gasteiger partial charge in [0.25, 0.3) is 0 Å². The number of esters is 2. The Morgan fingerprint density at radius 1 is 0.378 bits per heavy atom. The molecule has 9 nitrogen and oxygen atoms in total. The Kier molecular flexibility index (Phi) is 57.9. The van der Waals surface area contributed by atoms with Gasteiger partial charge in [0.05, 0.1) is 27.7 Å². The number of rotatable bonds is 57. The number of unbranched alkanes of at least 4 members (excludes halogenated alkanes) is 17. The zero-order valence-electron chi connectivity index (χ0n) is 52.7. The minimum Gasteiger partial charge on any atom is -0.462 e. The molecule has 0 heterocycles. The molecule has 2 unspecified atom stereocenters. The number of phosphoric acid groups is 1. The van der Waals surface area contributed by atoms with Crippen LogP contribution in [0.25, 0.3) is 0 Å². The number of phosphoric ester groups is 1. The molecule has 0 fully saturated rings. The summed E-state index contributed by atoms with van der Waals surface area (Å²) in [5.41, 5.74) is 0. The number of carbonyl (C=O) groups excluding carboxylic acids is 2. The van der Waals surface area contributed by atoms with E-state index in [1.807, 2.05) is 21.1 Å². The molecule has 0 aromatic heterocycles. The number of hydrogen-bond acceptors (Lipinski definition) is 7. The number of nitrogens with zero attached hydrogens (tertiary/aromatic N) is 1. The van der Waals surface area contributed by atoms with E-state index in [9.17, 15) is 19.0 Å². The number of ether oxygens (including phenoxy) is 2. The van der Waals surface area contributed by atoms with Crippen LogP contribution in [0.15, 0.2) is 158 Å². The van der Waals surface area contributed by atoms with E-state index in [1.54, 1.807) is 0 Å². The fraction of sp³-hybridized carbons (Fsp3) is 0.611. The number of likely N-dealkylation sites (N-methyl/N-ethyl adjacent to an activating group) is 1. The molecule has 0 spiro atoms. The summed E-state index contributed by atoms with van der Waals surface area (Å²) < 4.78 is 34.6. The summed E-state index contributed by atoms with van der Waals surface area (Å²) in [6.07, 6.45) is 91.8. The molecule has 2 atom stereocenters. The molecule has 82 heavy (non-hydrogen) atoms. The number of hydrogen-bond donors (Lipinski definition) is 1. The summed E-state index contributed by atoms with van der Waals surface area (Å²) >= 11 is 0. The third-order valence-corrected chi connectivity index (χ3v) is 14.0. The molecule has 0 aliphatic carbocycles. The van der Waals surface area contributed by atoms with Gasteiger partial charge in [0.2, 0.25) is 0 Å². The second-order valence-electron chi connectivity index (χ2n) is 22.0. The van der Waals surface area contributed by atoms with E-state index >= 15 is 0 Å². The molecular formula is C72H119NO8P+. The zero-order valence-corrected chi connectivity index (χ0v) is 53.6. The maximum Gasteiger partial charge on any atom is 0.472 e. The van der Waals surface area contributed by atoms with E-state index in [0.29, 0.717) is 17.4 Å². The quantitative estimate of drug-likeness (QED) is 0.0211. The average molecular weight is 1160 g/mol. The fourth-order valence-corrected chi connectivity index (χ4v) is 8.92. The highest BCUT2D eigenvalue weighted by molar-refractivity contribution is 7.47. The van der Waals surface area contributed by atoms with Crippen molar-refractivity contribution in [1.29, 1.82) is 0 Å². The van der Waals surface area contributed by atoms with E-state index in [4.69, 9.17) is 18.5 Å².